The lowest BCUT2D eigenvalue weighted by atomic mass is 9.95. The minimum atomic E-state index is -0.570. The molecule has 4 nitrogen and oxygen atoms in total. The van der Waals surface area contributed by atoms with Gasteiger partial charge in [0, 0.05) is 23.6 Å². The number of carbonyl (C=O) groups excluding carboxylic acids is 2. The third-order valence-corrected chi connectivity index (χ3v) is 2.97. The van der Waals surface area contributed by atoms with Crippen LogP contribution < -0.4 is 5.32 Å². The molecule has 94 valence electrons. The maximum absolute atomic E-state index is 11.9. The summed E-state index contributed by atoms with van der Waals surface area (Å²) in [7, 11) is 0. The first-order valence-corrected chi connectivity index (χ1v) is 5.98. The molecule has 0 aromatic heterocycles. The van der Waals surface area contributed by atoms with Gasteiger partial charge in [-0.15, -0.1) is 0 Å². The molecule has 0 radical (unpaired) electrons. The van der Waals surface area contributed by atoms with Crippen molar-refractivity contribution in [2.24, 2.45) is 0 Å². The first-order chi connectivity index (χ1) is 8.58. The SMILES string of the molecule is O=C1CCCC(O)=C1C(=O)Nc1ccc(Cl)cc1. The van der Waals surface area contributed by atoms with Crippen LogP contribution >= 0.6 is 11.6 Å². The Morgan fingerprint density at radius 2 is 1.89 bits per heavy atom. The van der Waals surface area contributed by atoms with Crippen LogP contribution in [0.15, 0.2) is 35.6 Å². The van der Waals surface area contributed by atoms with E-state index in [9.17, 15) is 14.7 Å². The average Bonchev–Trinajstić information content (AvgIpc) is 2.32. The summed E-state index contributed by atoms with van der Waals surface area (Å²) in [5, 5.41) is 12.7. The summed E-state index contributed by atoms with van der Waals surface area (Å²) in [6.07, 6.45) is 1.25. The number of benzene rings is 1. The van der Waals surface area contributed by atoms with Crippen LogP contribution in [0.2, 0.25) is 5.02 Å². The van der Waals surface area contributed by atoms with Gasteiger partial charge in [-0.2, -0.15) is 0 Å². The van der Waals surface area contributed by atoms with Crippen LogP contribution in [0.25, 0.3) is 0 Å². The van der Waals surface area contributed by atoms with Crippen LogP contribution in [0.3, 0.4) is 0 Å². The largest absolute Gasteiger partial charge is 0.511 e. The molecule has 0 spiro atoms. The number of rotatable bonds is 2. The van der Waals surface area contributed by atoms with Crippen LogP contribution in [0.1, 0.15) is 19.3 Å². The van der Waals surface area contributed by atoms with E-state index < -0.39 is 5.91 Å². The number of hydrogen-bond acceptors (Lipinski definition) is 3. The molecule has 0 bridgehead atoms. The number of halogens is 1. The van der Waals surface area contributed by atoms with E-state index in [2.05, 4.69) is 5.32 Å². The number of amides is 1. The molecule has 1 aromatic rings. The van der Waals surface area contributed by atoms with Crippen LogP contribution in [0.5, 0.6) is 0 Å². The zero-order chi connectivity index (χ0) is 13.1. The van der Waals surface area contributed by atoms with Crippen LogP contribution in [-0.2, 0) is 9.59 Å². The number of ketones is 1. The molecule has 0 unspecified atom stereocenters. The quantitative estimate of drug-likeness (QED) is 0.808. The van der Waals surface area contributed by atoms with Gasteiger partial charge in [0.25, 0.3) is 5.91 Å². The summed E-state index contributed by atoms with van der Waals surface area (Å²) < 4.78 is 0. The van der Waals surface area contributed by atoms with Gasteiger partial charge in [-0.05, 0) is 30.7 Å². The highest BCUT2D eigenvalue weighted by Crippen LogP contribution is 2.22. The molecule has 0 fully saturated rings. The van der Waals surface area contributed by atoms with Crippen molar-refractivity contribution in [1.29, 1.82) is 0 Å². The lowest BCUT2D eigenvalue weighted by Gasteiger charge is -2.14. The summed E-state index contributed by atoms with van der Waals surface area (Å²) in [6.45, 7) is 0. The third-order valence-electron chi connectivity index (χ3n) is 2.71. The van der Waals surface area contributed by atoms with Crippen molar-refractivity contribution in [3.05, 3.63) is 40.6 Å². The van der Waals surface area contributed by atoms with Crippen molar-refractivity contribution in [2.45, 2.75) is 19.3 Å². The standard InChI is InChI=1S/C13H12ClNO3/c14-8-4-6-9(7-5-8)15-13(18)12-10(16)2-1-3-11(12)17/h4-7,16H,1-3H2,(H,15,18). The van der Waals surface area contributed by atoms with Crippen molar-refractivity contribution in [2.75, 3.05) is 5.32 Å². The summed E-state index contributed by atoms with van der Waals surface area (Å²) in [4.78, 5) is 23.5. The molecule has 18 heavy (non-hydrogen) atoms. The van der Waals surface area contributed by atoms with Gasteiger partial charge >= 0.3 is 0 Å². The van der Waals surface area contributed by atoms with Gasteiger partial charge in [0.2, 0.25) is 0 Å². The first kappa shape index (κ1) is 12.6. The van der Waals surface area contributed by atoms with Crippen molar-refractivity contribution < 1.29 is 14.7 Å². The number of carbonyl (C=O) groups is 2. The lowest BCUT2D eigenvalue weighted by molar-refractivity contribution is -0.121. The molecule has 5 heteroatoms. The van der Waals surface area contributed by atoms with E-state index in [1.165, 1.54) is 0 Å². The normalized spacial score (nSPS) is 15.7. The third kappa shape index (κ3) is 2.71. The Balaban J connectivity index is 2.17. The Hall–Kier alpha value is -1.81. The second-order valence-electron chi connectivity index (χ2n) is 4.06. The molecular weight excluding hydrogens is 254 g/mol. The van der Waals surface area contributed by atoms with Crippen LogP contribution in [-0.4, -0.2) is 16.8 Å². The Bertz CT molecular complexity index is 520. The van der Waals surface area contributed by atoms with Crippen molar-refractivity contribution in [3.63, 3.8) is 0 Å². The molecule has 0 atom stereocenters. The van der Waals surface area contributed by atoms with Gasteiger partial charge in [0.05, 0.1) is 0 Å². The fourth-order valence-electron chi connectivity index (χ4n) is 1.81. The van der Waals surface area contributed by atoms with Gasteiger partial charge in [0.15, 0.2) is 5.78 Å². The molecule has 0 heterocycles. The van der Waals surface area contributed by atoms with E-state index in [-0.39, 0.29) is 17.1 Å². The number of allylic oxidation sites excluding steroid dienone is 1. The maximum Gasteiger partial charge on any atom is 0.262 e. The number of Topliss-reactive ketones (excluding diaryl/α,β-unsaturated/α-hetero) is 1. The predicted molar refractivity (Wildman–Crippen MR) is 68.6 cm³/mol. The van der Waals surface area contributed by atoms with Gasteiger partial charge < -0.3 is 10.4 Å². The van der Waals surface area contributed by atoms with Gasteiger partial charge in [-0.3, -0.25) is 9.59 Å². The first-order valence-electron chi connectivity index (χ1n) is 5.60. The highest BCUT2D eigenvalue weighted by molar-refractivity contribution is 6.30. The highest BCUT2D eigenvalue weighted by atomic mass is 35.5. The van der Waals surface area contributed by atoms with Crippen molar-refractivity contribution in [3.8, 4) is 0 Å². The van der Waals surface area contributed by atoms with E-state index in [0.29, 0.717) is 30.0 Å². The fourth-order valence-corrected chi connectivity index (χ4v) is 1.94. The monoisotopic (exact) mass is 265 g/mol. The van der Waals surface area contributed by atoms with E-state index in [1.807, 2.05) is 0 Å². The average molecular weight is 266 g/mol. The summed E-state index contributed by atoms with van der Waals surface area (Å²) >= 11 is 5.73. The Kier molecular flexibility index (Phi) is 3.67. The van der Waals surface area contributed by atoms with E-state index in [4.69, 9.17) is 11.6 Å². The summed E-state index contributed by atoms with van der Waals surface area (Å²) in [6, 6.07) is 6.53. The zero-order valence-corrected chi connectivity index (χ0v) is 10.3. The fraction of sp³-hybridized carbons (Fsp3) is 0.231. The minimum absolute atomic E-state index is 0.127. The second kappa shape index (κ2) is 5.23. The number of aliphatic hydroxyl groups is 1. The number of hydrogen-bond donors (Lipinski definition) is 2. The molecule has 2 N–H and O–H groups in total. The molecule has 0 saturated carbocycles. The Morgan fingerprint density at radius 1 is 1.22 bits per heavy atom. The van der Waals surface area contributed by atoms with Crippen LogP contribution in [0, 0.1) is 0 Å². The molecule has 1 aromatic carbocycles. The summed E-state index contributed by atoms with van der Waals surface area (Å²) in [5.74, 6) is -1.01. The molecule has 1 aliphatic carbocycles. The Labute approximate surface area is 109 Å². The molecule has 1 amide bonds. The topological polar surface area (TPSA) is 66.4 Å². The highest BCUT2D eigenvalue weighted by Gasteiger charge is 2.26. The smallest absolute Gasteiger partial charge is 0.262 e. The zero-order valence-electron chi connectivity index (χ0n) is 9.57. The van der Waals surface area contributed by atoms with E-state index >= 15 is 0 Å². The predicted octanol–water partition coefficient (Wildman–Crippen LogP) is 2.84. The lowest BCUT2D eigenvalue weighted by Crippen LogP contribution is -2.24. The van der Waals surface area contributed by atoms with Crippen molar-refractivity contribution in [1.82, 2.24) is 0 Å². The number of nitrogens with one attached hydrogen (secondary N) is 1. The van der Waals surface area contributed by atoms with Gasteiger partial charge in [0.1, 0.15) is 11.3 Å². The Morgan fingerprint density at radius 3 is 2.50 bits per heavy atom. The van der Waals surface area contributed by atoms with E-state index in [0.717, 1.165) is 0 Å². The molecular formula is C13H12ClNO3. The van der Waals surface area contributed by atoms with Gasteiger partial charge in [-0.1, -0.05) is 11.6 Å². The van der Waals surface area contributed by atoms with E-state index in [1.54, 1.807) is 24.3 Å². The number of aliphatic hydroxyl groups excluding tert-OH is 1. The molecule has 0 saturated heterocycles. The van der Waals surface area contributed by atoms with Crippen molar-refractivity contribution >= 4 is 29.0 Å². The molecule has 1 aliphatic rings. The minimum Gasteiger partial charge on any atom is -0.511 e. The van der Waals surface area contributed by atoms with Gasteiger partial charge in [-0.25, -0.2) is 0 Å². The van der Waals surface area contributed by atoms with Crippen LogP contribution in [0.4, 0.5) is 5.69 Å². The second-order valence-corrected chi connectivity index (χ2v) is 4.50. The maximum atomic E-state index is 11.9. The number of anilines is 1. The molecule has 0 aliphatic heterocycles. The molecule has 2 rings (SSSR count). The summed E-state index contributed by atoms with van der Waals surface area (Å²) in [5.41, 5.74) is 0.402.